The molecule has 3 aromatic heterocycles. The van der Waals surface area contributed by atoms with Crippen molar-refractivity contribution in [1.29, 1.82) is 15.8 Å². The third-order valence-electron chi connectivity index (χ3n) is 13.6. The Morgan fingerprint density at radius 3 is 1.22 bits per heavy atom. The quantitative estimate of drug-likeness (QED) is 0.131. The zero-order valence-corrected chi connectivity index (χ0v) is 40.8. The van der Waals surface area contributed by atoms with Crippen molar-refractivity contribution in [1.82, 2.24) is 24.5 Å². The SMILES string of the molecule is [C-]#[N+]c1ccc(-c2ccc3c4ccc(-c5ccc(C#N)cc5[N+]#[C-])cc4n(-c4c(-c5nc(-c6ccccc6)cc(-c6ccccc6)n5)cc(C#N)cc4-c4nc(-c5ccccc5)cc(-c5ccccc5)n4)c3c2)c(C#N)c1. The second-order valence-corrected chi connectivity index (χ2v) is 18.1. The summed E-state index contributed by atoms with van der Waals surface area (Å²) < 4.78 is 2.13. The Kier molecular flexibility index (Phi) is 11.9. The Balaban J connectivity index is 1.27. The van der Waals surface area contributed by atoms with Gasteiger partial charge >= 0.3 is 0 Å². The molecule has 0 N–H and O–H groups in total. The highest BCUT2D eigenvalue weighted by molar-refractivity contribution is 6.12. The van der Waals surface area contributed by atoms with Crippen LogP contribution in [0.2, 0.25) is 0 Å². The zero-order valence-electron chi connectivity index (χ0n) is 40.8. The van der Waals surface area contributed by atoms with Crippen molar-refractivity contribution < 1.29 is 0 Å². The molecule has 0 fully saturated rings. The average molecular weight is 981 g/mol. The first-order valence-corrected chi connectivity index (χ1v) is 24.4. The van der Waals surface area contributed by atoms with E-state index in [2.05, 4.69) is 32.5 Å². The predicted octanol–water partition coefficient (Wildman–Crippen LogP) is 16.4. The number of nitriles is 3. The van der Waals surface area contributed by atoms with E-state index in [4.69, 9.17) is 33.1 Å². The van der Waals surface area contributed by atoms with Gasteiger partial charge in [-0.3, -0.25) is 0 Å². The van der Waals surface area contributed by atoms with Crippen molar-refractivity contribution >= 4 is 33.2 Å². The minimum absolute atomic E-state index is 0.309. The van der Waals surface area contributed by atoms with Crippen molar-refractivity contribution in [3.8, 4) is 114 Å². The molecule has 0 atom stereocenters. The van der Waals surface area contributed by atoms with Gasteiger partial charge in [0.15, 0.2) is 23.0 Å². The Morgan fingerprint density at radius 1 is 0.364 bits per heavy atom. The molecule has 0 unspecified atom stereocenters. The summed E-state index contributed by atoms with van der Waals surface area (Å²) in [5, 5.41) is 33.2. The largest absolute Gasteiger partial charge is 0.308 e. The van der Waals surface area contributed by atoms with Gasteiger partial charge in [-0.25, -0.2) is 29.6 Å². The summed E-state index contributed by atoms with van der Waals surface area (Å²) in [4.78, 5) is 29.0. The molecule has 0 radical (unpaired) electrons. The van der Waals surface area contributed by atoms with E-state index < -0.39 is 0 Å². The molecule has 12 rings (SSSR count). The van der Waals surface area contributed by atoms with Gasteiger partial charge in [0, 0.05) is 55.3 Å². The van der Waals surface area contributed by atoms with Crippen LogP contribution in [0, 0.1) is 47.1 Å². The maximum atomic E-state index is 11.1. The molecule has 0 aliphatic rings. The molecular weight excluding hydrogens is 945 g/mol. The van der Waals surface area contributed by atoms with Crippen LogP contribution in [0.25, 0.3) is 127 Å². The highest BCUT2D eigenvalue weighted by Gasteiger charge is 2.27. The third-order valence-corrected chi connectivity index (χ3v) is 13.6. The van der Waals surface area contributed by atoms with Crippen LogP contribution >= 0.6 is 0 Å². The van der Waals surface area contributed by atoms with E-state index in [0.29, 0.717) is 90.4 Å². The molecule has 0 saturated carbocycles. The lowest BCUT2D eigenvalue weighted by molar-refractivity contribution is 1.12. The highest BCUT2D eigenvalue weighted by atomic mass is 15.0. The summed E-state index contributed by atoms with van der Waals surface area (Å²) in [6.45, 7) is 15.9. The fraction of sp³-hybridized carbons (Fsp3) is 0. The fourth-order valence-corrected chi connectivity index (χ4v) is 9.92. The minimum atomic E-state index is 0.309. The van der Waals surface area contributed by atoms with Crippen LogP contribution in [0.5, 0.6) is 0 Å². The van der Waals surface area contributed by atoms with Gasteiger partial charge in [-0.1, -0.05) is 164 Å². The molecule has 0 saturated heterocycles. The van der Waals surface area contributed by atoms with Gasteiger partial charge < -0.3 is 4.57 Å². The van der Waals surface area contributed by atoms with Gasteiger partial charge in [-0.05, 0) is 76.9 Å². The number of fused-ring (bicyclic) bond motifs is 3. The van der Waals surface area contributed by atoms with E-state index in [0.717, 1.165) is 55.2 Å². The lowest BCUT2D eigenvalue weighted by atomic mass is 9.97. The molecule has 9 aromatic carbocycles. The summed E-state index contributed by atoms with van der Waals surface area (Å²) in [6, 6.07) is 76.4. The first-order valence-electron chi connectivity index (χ1n) is 24.4. The van der Waals surface area contributed by atoms with Crippen LogP contribution in [0.1, 0.15) is 16.7 Å². The Hall–Kier alpha value is -11.6. The van der Waals surface area contributed by atoms with Gasteiger partial charge in [0.25, 0.3) is 0 Å². The first kappa shape index (κ1) is 46.5. The standard InChI is InChI=1S/C67H36N10/c1-71-51-26-30-52(50(34-51)41-70)48-24-28-54-55-29-25-49(53-27-23-42(39-68)33-62(53)72-2)36-64(55)77(63(54)35-48)65-56(66-73-58(44-15-7-3-8-16-44)37-59(74-66)45-17-9-4-10-18-45)31-43(40-69)32-57(65)67-75-60(46-19-11-5-12-20-46)38-61(76-67)47-21-13-6-14-22-47/h3-38H. The lowest BCUT2D eigenvalue weighted by Gasteiger charge is -2.20. The Morgan fingerprint density at radius 2 is 0.805 bits per heavy atom. The summed E-state index contributed by atoms with van der Waals surface area (Å²) in [5.74, 6) is 0.652. The third kappa shape index (κ3) is 8.63. The second kappa shape index (κ2) is 19.8. The number of aromatic nitrogens is 5. The summed E-state index contributed by atoms with van der Waals surface area (Å²) in [5.41, 5.74) is 13.5. The van der Waals surface area contributed by atoms with Gasteiger partial charge in [0.05, 0.1) is 76.4 Å². The van der Waals surface area contributed by atoms with Gasteiger partial charge in [-0.2, -0.15) is 15.8 Å². The highest BCUT2D eigenvalue weighted by Crippen LogP contribution is 2.45. The number of rotatable bonds is 9. The second-order valence-electron chi connectivity index (χ2n) is 18.1. The van der Waals surface area contributed by atoms with Gasteiger partial charge in [0.2, 0.25) is 0 Å². The zero-order chi connectivity index (χ0) is 52.4. The van der Waals surface area contributed by atoms with E-state index in [-0.39, 0.29) is 0 Å². The maximum Gasteiger partial charge on any atom is 0.196 e. The molecule has 0 aliphatic carbocycles. The normalized spacial score (nSPS) is 10.8. The molecule has 354 valence electrons. The Labute approximate surface area is 443 Å². The van der Waals surface area contributed by atoms with Crippen molar-refractivity contribution in [2.45, 2.75) is 0 Å². The molecular formula is C67H36N10. The smallest absolute Gasteiger partial charge is 0.196 e. The van der Waals surface area contributed by atoms with E-state index in [1.54, 1.807) is 36.4 Å². The van der Waals surface area contributed by atoms with Crippen LogP contribution in [0.3, 0.4) is 0 Å². The molecule has 0 spiro atoms. The predicted molar refractivity (Wildman–Crippen MR) is 302 cm³/mol. The van der Waals surface area contributed by atoms with Crippen molar-refractivity contribution in [2.24, 2.45) is 0 Å². The number of hydrogen-bond donors (Lipinski definition) is 0. The van der Waals surface area contributed by atoms with Crippen LogP contribution < -0.4 is 0 Å². The van der Waals surface area contributed by atoms with E-state index in [1.165, 1.54) is 0 Å². The molecule has 10 heteroatoms. The summed E-state index contributed by atoms with van der Waals surface area (Å²) in [6.07, 6.45) is 0. The van der Waals surface area contributed by atoms with Gasteiger partial charge in [-0.15, -0.1) is 0 Å². The maximum absolute atomic E-state index is 11.1. The summed E-state index contributed by atoms with van der Waals surface area (Å²) in [7, 11) is 0. The molecule has 3 heterocycles. The number of hydrogen-bond acceptors (Lipinski definition) is 7. The van der Waals surface area contributed by atoms with Gasteiger partial charge in [0.1, 0.15) is 0 Å². The van der Waals surface area contributed by atoms with Crippen LogP contribution in [0.15, 0.2) is 218 Å². The van der Waals surface area contributed by atoms with Crippen molar-refractivity contribution in [3.63, 3.8) is 0 Å². The number of nitrogens with zero attached hydrogens (tertiary/aromatic N) is 10. The molecule has 0 amide bonds. The minimum Gasteiger partial charge on any atom is -0.308 e. The van der Waals surface area contributed by atoms with E-state index in [9.17, 15) is 15.8 Å². The van der Waals surface area contributed by atoms with Crippen LogP contribution in [0.4, 0.5) is 11.4 Å². The Bertz CT molecular complexity index is 4160. The van der Waals surface area contributed by atoms with E-state index >= 15 is 0 Å². The monoisotopic (exact) mass is 980 g/mol. The first-order chi connectivity index (χ1) is 37.9. The molecule has 12 aromatic rings. The molecule has 0 bridgehead atoms. The van der Waals surface area contributed by atoms with E-state index in [1.807, 2.05) is 182 Å². The fourth-order valence-electron chi connectivity index (χ4n) is 9.92. The van der Waals surface area contributed by atoms with Crippen molar-refractivity contribution in [2.75, 3.05) is 0 Å². The summed E-state index contributed by atoms with van der Waals surface area (Å²) >= 11 is 0. The molecule has 77 heavy (non-hydrogen) atoms. The topological polar surface area (TPSA) is 137 Å². The van der Waals surface area contributed by atoms with Crippen LogP contribution in [-0.2, 0) is 0 Å². The molecule has 0 aliphatic heterocycles. The number of benzene rings is 9. The van der Waals surface area contributed by atoms with Crippen LogP contribution in [-0.4, -0.2) is 24.5 Å². The lowest BCUT2D eigenvalue weighted by Crippen LogP contribution is -2.07. The van der Waals surface area contributed by atoms with Crippen molar-refractivity contribution in [3.05, 3.63) is 258 Å². The average Bonchev–Trinajstić information content (AvgIpc) is 3.92. The molecule has 10 nitrogen and oxygen atoms in total.